The summed E-state index contributed by atoms with van der Waals surface area (Å²) in [5.74, 6) is -1.09. The van der Waals surface area contributed by atoms with E-state index >= 15 is 0 Å². The standard InChI is InChI=1S/C15H16N4O4S/c20-14(18-19-15(21)13-8-4-5-10-16-13)9-11-17-24(22,23)12-6-2-1-3-7-12/h1-8,10,17H,9,11H2,(H,18,20)(H,19,21). The van der Waals surface area contributed by atoms with Crippen LogP contribution in [0.3, 0.4) is 0 Å². The van der Waals surface area contributed by atoms with Crippen molar-refractivity contribution in [3.05, 3.63) is 60.4 Å². The first-order valence-corrected chi connectivity index (χ1v) is 8.52. The molecule has 2 amide bonds. The van der Waals surface area contributed by atoms with Crippen LogP contribution >= 0.6 is 0 Å². The van der Waals surface area contributed by atoms with E-state index in [1.54, 1.807) is 30.3 Å². The van der Waals surface area contributed by atoms with Gasteiger partial charge in [0.25, 0.3) is 5.91 Å². The number of amides is 2. The number of hydrazine groups is 1. The largest absolute Gasteiger partial charge is 0.288 e. The van der Waals surface area contributed by atoms with E-state index < -0.39 is 21.8 Å². The molecular formula is C15H16N4O4S. The smallest absolute Gasteiger partial charge is 0.273 e. The molecule has 0 spiro atoms. The molecule has 0 saturated carbocycles. The molecule has 1 aromatic carbocycles. The fourth-order valence-corrected chi connectivity index (χ4v) is 2.78. The molecule has 0 bridgehead atoms. The van der Waals surface area contributed by atoms with Gasteiger partial charge in [-0.3, -0.25) is 25.4 Å². The number of hydrogen-bond donors (Lipinski definition) is 3. The summed E-state index contributed by atoms with van der Waals surface area (Å²) in [6.45, 7) is -0.0947. The van der Waals surface area contributed by atoms with Gasteiger partial charge in [0.05, 0.1) is 4.90 Å². The number of nitrogens with zero attached hydrogens (tertiary/aromatic N) is 1. The quantitative estimate of drug-likeness (QED) is 0.645. The first-order valence-electron chi connectivity index (χ1n) is 7.04. The molecule has 0 aliphatic rings. The Labute approximate surface area is 139 Å². The molecule has 126 valence electrons. The van der Waals surface area contributed by atoms with E-state index in [0.29, 0.717) is 0 Å². The summed E-state index contributed by atoms with van der Waals surface area (Å²) in [4.78, 5) is 27.2. The number of carbonyl (C=O) groups is 2. The predicted molar refractivity (Wildman–Crippen MR) is 86.1 cm³/mol. The molecule has 3 N–H and O–H groups in total. The third kappa shape index (κ3) is 5.14. The first-order chi connectivity index (χ1) is 11.5. The van der Waals surface area contributed by atoms with E-state index in [0.717, 1.165) is 0 Å². The fraction of sp³-hybridized carbons (Fsp3) is 0.133. The Bertz CT molecular complexity index is 795. The van der Waals surface area contributed by atoms with E-state index in [9.17, 15) is 18.0 Å². The molecule has 8 nitrogen and oxygen atoms in total. The highest BCUT2D eigenvalue weighted by Gasteiger charge is 2.13. The maximum atomic E-state index is 11.9. The van der Waals surface area contributed by atoms with Crippen molar-refractivity contribution in [2.75, 3.05) is 6.54 Å². The molecule has 0 radical (unpaired) electrons. The average Bonchev–Trinajstić information content (AvgIpc) is 2.61. The molecule has 0 aliphatic heterocycles. The van der Waals surface area contributed by atoms with E-state index in [1.165, 1.54) is 24.4 Å². The molecular weight excluding hydrogens is 332 g/mol. The van der Waals surface area contributed by atoms with Crippen molar-refractivity contribution >= 4 is 21.8 Å². The number of sulfonamides is 1. The predicted octanol–water partition coefficient (Wildman–Crippen LogP) is 0.211. The monoisotopic (exact) mass is 348 g/mol. The molecule has 0 saturated heterocycles. The lowest BCUT2D eigenvalue weighted by Gasteiger charge is -2.08. The van der Waals surface area contributed by atoms with Crippen molar-refractivity contribution in [1.82, 2.24) is 20.6 Å². The Morgan fingerprint density at radius 3 is 2.33 bits per heavy atom. The highest BCUT2D eigenvalue weighted by Crippen LogP contribution is 2.06. The summed E-state index contributed by atoms with van der Waals surface area (Å²) in [5, 5.41) is 0. The summed E-state index contributed by atoms with van der Waals surface area (Å²) in [7, 11) is -3.66. The Morgan fingerprint density at radius 1 is 0.958 bits per heavy atom. The summed E-state index contributed by atoms with van der Waals surface area (Å²) in [6.07, 6.45) is 1.32. The zero-order valence-electron chi connectivity index (χ0n) is 12.6. The van der Waals surface area contributed by atoms with E-state index in [1.807, 2.05) is 0 Å². The minimum atomic E-state index is -3.66. The lowest BCUT2D eigenvalue weighted by molar-refractivity contribution is -0.121. The average molecular weight is 348 g/mol. The highest BCUT2D eigenvalue weighted by molar-refractivity contribution is 7.89. The minimum absolute atomic E-state index is 0.0947. The third-order valence-electron chi connectivity index (χ3n) is 2.91. The molecule has 0 fully saturated rings. The van der Waals surface area contributed by atoms with E-state index in [-0.39, 0.29) is 23.6 Å². The van der Waals surface area contributed by atoms with Crippen molar-refractivity contribution in [2.45, 2.75) is 11.3 Å². The molecule has 9 heteroatoms. The summed E-state index contributed by atoms with van der Waals surface area (Å²) >= 11 is 0. The molecule has 0 atom stereocenters. The lowest BCUT2D eigenvalue weighted by Crippen LogP contribution is -2.43. The molecule has 2 aromatic rings. The number of hydrogen-bond acceptors (Lipinski definition) is 5. The fourth-order valence-electron chi connectivity index (χ4n) is 1.73. The minimum Gasteiger partial charge on any atom is -0.273 e. The number of aromatic nitrogens is 1. The molecule has 0 unspecified atom stereocenters. The van der Waals surface area contributed by atoms with Gasteiger partial charge < -0.3 is 0 Å². The van der Waals surface area contributed by atoms with Crippen LogP contribution in [0.15, 0.2) is 59.6 Å². The van der Waals surface area contributed by atoms with Gasteiger partial charge in [-0.05, 0) is 24.3 Å². The van der Waals surface area contributed by atoms with Gasteiger partial charge in [-0.25, -0.2) is 13.1 Å². The summed E-state index contributed by atoms with van der Waals surface area (Å²) < 4.78 is 26.2. The zero-order chi connectivity index (χ0) is 17.4. The second-order valence-electron chi connectivity index (χ2n) is 4.68. The van der Waals surface area contributed by atoms with Crippen LogP contribution < -0.4 is 15.6 Å². The topological polar surface area (TPSA) is 117 Å². The van der Waals surface area contributed by atoms with Crippen LogP contribution in [0.2, 0.25) is 0 Å². The van der Waals surface area contributed by atoms with Gasteiger partial charge >= 0.3 is 0 Å². The second kappa shape index (κ2) is 8.18. The SMILES string of the molecule is O=C(CCNS(=O)(=O)c1ccccc1)NNC(=O)c1ccccn1. The summed E-state index contributed by atoms with van der Waals surface area (Å²) in [6, 6.07) is 12.6. The maximum Gasteiger partial charge on any atom is 0.288 e. The van der Waals surface area contributed by atoms with Crippen LogP contribution in [-0.4, -0.2) is 31.8 Å². The first kappa shape index (κ1) is 17.6. The molecule has 0 aliphatic carbocycles. The normalized spacial score (nSPS) is 10.8. The van der Waals surface area contributed by atoms with E-state index in [4.69, 9.17) is 0 Å². The third-order valence-corrected chi connectivity index (χ3v) is 4.39. The van der Waals surface area contributed by atoms with Crippen LogP contribution in [0.4, 0.5) is 0 Å². The molecule has 24 heavy (non-hydrogen) atoms. The van der Waals surface area contributed by atoms with Gasteiger partial charge in [-0.1, -0.05) is 24.3 Å². The van der Waals surface area contributed by atoms with Gasteiger partial charge in [-0.2, -0.15) is 0 Å². The van der Waals surface area contributed by atoms with Crippen LogP contribution in [-0.2, 0) is 14.8 Å². The second-order valence-corrected chi connectivity index (χ2v) is 6.45. The number of rotatable bonds is 6. The van der Waals surface area contributed by atoms with Gasteiger partial charge in [0.15, 0.2) is 0 Å². The van der Waals surface area contributed by atoms with Crippen LogP contribution in [0, 0.1) is 0 Å². The Morgan fingerprint density at radius 2 is 1.67 bits per heavy atom. The van der Waals surface area contributed by atoms with Crippen molar-refractivity contribution < 1.29 is 18.0 Å². The van der Waals surface area contributed by atoms with E-state index in [2.05, 4.69) is 20.6 Å². The zero-order valence-corrected chi connectivity index (χ0v) is 13.4. The van der Waals surface area contributed by atoms with Gasteiger partial charge in [0, 0.05) is 19.2 Å². The summed E-state index contributed by atoms with van der Waals surface area (Å²) in [5.41, 5.74) is 4.55. The van der Waals surface area contributed by atoms with Crippen LogP contribution in [0.5, 0.6) is 0 Å². The number of benzene rings is 1. The van der Waals surface area contributed by atoms with Crippen molar-refractivity contribution in [1.29, 1.82) is 0 Å². The van der Waals surface area contributed by atoms with Crippen LogP contribution in [0.25, 0.3) is 0 Å². The highest BCUT2D eigenvalue weighted by atomic mass is 32.2. The van der Waals surface area contributed by atoms with Crippen molar-refractivity contribution in [3.63, 3.8) is 0 Å². The number of pyridine rings is 1. The Balaban J connectivity index is 1.75. The number of nitrogens with one attached hydrogen (secondary N) is 3. The van der Waals surface area contributed by atoms with Crippen molar-refractivity contribution in [3.8, 4) is 0 Å². The maximum absolute atomic E-state index is 11.9. The Kier molecular flexibility index (Phi) is 5.99. The van der Waals surface area contributed by atoms with Gasteiger partial charge in [0.1, 0.15) is 5.69 Å². The molecule has 1 heterocycles. The number of carbonyl (C=O) groups excluding carboxylic acids is 2. The van der Waals surface area contributed by atoms with Gasteiger partial charge in [-0.15, -0.1) is 0 Å². The van der Waals surface area contributed by atoms with Gasteiger partial charge in [0.2, 0.25) is 15.9 Å². The molecule has 1 aromatic heterocycles. The molecule has 2 rings (SSSR count). The lowest BCUT2D eigenvalue weighted by atomic mass is 10.3. The van der Waals surface area contributed by atoms with Crippen molar-refractivity contribution in [2.24, 2.45) is 0 Å². The Hall–Kier alpha value is -2.78. The van der Waals surface area contributed by atoms with Crippen LogP contribution in [0.1, 0.15) is 16.9 Å².